The summed E-state index contributed by atoms with van der Waals surface area (Å²) in [6.07, 6.45) is 6.69. The molecular formula is C34H32N2O4S. The highest BCUT2D eigenvalue weighted by Gasteiger charge is 2.21. The van der Waals surface area contributed by atoms with Crippen LogP contribution in [-0.2, 0) is 22.7 Å². The zero-order valence-electron chi connectivity index (χ0n) is 23.3. The fraction of sp³-hybridized carbons (Fsp3) is 0.235. The Morgan fingerprint density at radius 3 is 1.39 bits per heavy atom. The highest BCUT2D eigenvalue weighted by atomic mass is 32.2. The summed E-state index contributed by atoms with van der Waals surface area (Å²) >= 11 is 0. The predicted octanol–water partition coefficient (Wildman–Crippen LogP) is 8.82. The highest BCUT2D eigenvalue weighted by Crippen LogP contribution is 2.31. The second kappa shape index (κ2) is 11.3. The summed E-state index contributed by atoms with van der Waals surface area (Å²) < 4.78 is 39.1. The van der Waals surface area contributed by atoms with Gasteiger partial charge in [-0.3, -0.25) is 0 Å². The van der Waals surface area contributed by atoms with E-state index >= 15 is 0 Å². The Bertz CT molecular complexity index is 1780. The van der Waals surface area contributed by atoms with E-state index in [1.54, 1.807) is 36.4 Å². The molecule has 0 fully saturated rings. The van der Waals surface area contributed by atoms with Crippen LogP contribution in [0.15, 0.2) is 104 Å². The van der Waals surface area contributed by atoms with Crippen molar-refractivity contribution >= 4 is 32.0 Å². The zero-order valence-corrected chi connectivity index (χ0v) is 24.1. The van der Waals surface area contributed by atoms with Gasteiger partial charge < -0.3 is 8.83 Å². The van der Waals surface area contributed by atoms with Crippen LogP contribution in [0.4, 0.5) is 0 Å². The number of rotatable bonds is 10. The van der Waals surface area contributed by atoms with Crippen LogP contribution in [0.3, 0.4) is 0 Å². The molecule has 0 unspecified atom stereocenters. The van der Waals surface area contributed by atoms with Crippen molar-refractivity contribution in [1.29, 1.82) is 0 Å². The van der Waals surface area contributed by atoms with E-state index in [1.165, 1.54) is 11.1 Å². The number of hydrogen-bond acceptors (Lipinski definition) is 6. The lowest BCUT2D eigenvalue weighted by Gasteiger charge is -2.04. The lowest BCUT2D eigenvalue weighted by Crippen LogP contribution is -2.01. The van der Waals surface area contributed by atoms with Gasteiger partial charge in [0.25, 0.3) is 0 Å². The Morgan fingerprint density at radius 1 is 0.585 bits per heavy atom. The van der Waals surface area contributed by atoms with E-state index in [0.717, 1.165) is 49.7 Å². The van der Waals surface area contributed by atoms with Gasteiger partial charge in [-0.2, -0.15) is 0 Å². The molecule has 0 spiro atoms. The Morgan fingerprint density at radius 2 is 1.00 bits per heavy atom. The first-order chi connectivity index (χ1) is 19.9. The average Bonchev–Trinajstić information content (AvgIpc) is 3.63. The molecule has 41 heavy (non-hydrogen) atoms. The van der Waals surface area contributed by atoms with Crippen molar-refractivity contribution in [3.8, 4) is 22.9 Å². The summed E-state index contributed by atoms with van der Waals surface area (Å²) in [6, 6.07) is 25.9. The second-order valence-corrected chi connectivity index (χ2v) is 12.4. The molecule has 0 N–H and O–H groups in total. The van der Waals surface area contributed by atoms with E-state index in [2.05, 4.69) is 48.1 Å². The van der Waals surface area contributed by atoms with Gasteiger partial charge in [0.2, 0.25) is 21.6 Å². The van der Waals surface area contributed by atoms with Gasteiger partial charge in [-0.15, -0.1) is 0 Å². The third-order valence-electron chi connectivity index (χ3n) is 7.38. The number of sulfone groups is 1. The van der Waals surface area contributed by atoms with Crippen LogP contribution >= 0.6 is 0 Å². The van der Waals surface area contributed by atoms with E-state index in [-0.39, 0.29) is 9.79 Å². The number of aryl methyl sites for hydroxylation is 2. The van der Waals surface area contributed by atoms with Gasteiger partial charge in [-0.1, -0.05) is 51.0 Å². The molecule has 6 rings (SSSR count). The molecule has 0 atom stereocenters. The Labute approximate surface area is 240 Å². The van der Waals surface area contributed by atoms with Crippen molar-refractivity contribution in [2.75, 3.05) is 0 Å². The molecule has 0 saturated heterocycles. The molecule has 0 aliphatic heterocycles. The summed E-state index contributed by atoms with van der Waals surface area (Å²) in [4.78, 5) is 9.48. The lowest BCUT2D eigenvalue weighted by molar-refractivity contribution is 0.596. The Balaban J connectivity index is 1.26. The monoisotopic (exact) mass is 564 g/mol. The minimum atomic E-state index is -3.83. The van der Waals surface area contributed by atoms with Gasteiger partial charge in [0.05, 0.1) is 9.79 Å². The molecular weight excluding hydrogens is 532 g/mol. The number of unbranched alkanes of at least 4 members (excludes halogenated alkanes) is 2. The maximum atomic E-state index is 13.6. The van der Waals surface area contributed by atoms with Gasteiger partial charge in [-0.25, -0.2) is 18.4 Å². The maximum absolute atomic E-state index is 13.6. The van der Waals surface area contributed by atoms with Crippen LogP contribution in [0.5, 0.6) is 0 Å². The normalized spacial score (nSPS) is 12.0. The maximum Gasteiger partial charge on any atom is 0.227 e. The first kappa shape index (κ1) is 27.0. The van der Waals surface area contributed by atoms with E-state index in [9.17, 15) is 8.42 Å². The Hall–Kier alpha value is -4.23. The van der Waals surface area contributed by atoms with Crippen LogP contribution in [0, 0.1) is 0 Å². The van der Waals surface area contributed by atoms with Crippen molar-refractivity contribution in [3.63, 3.8) is 0 Å². The number of nitrogens with zero attached hydrogens (tertiary/aromatic N) is 2. The van der Waals surface area contributed by atoms with Crippen molar-refractivity contribution in [2.24, 2.45) is 0 Å². The summed E-state index contributed by atoms with van der Waals surface area (Å²) in [5.74, 6) is 0.929. The van der Waals surface area contributed by atoms with Crippen LogP contribution in [0.2, 0.25) is 0 Å². The molecule has 4 aromatic carbocycles. The smallest absolute Gasteiger partial charge is 0.227 e. The largest absolute Gasteiger partial charge is 0.436 e. The molecule has 6 nitrogen and oxygen atoms in total. The van der Waals surface area contributed by atoms with Gasteiger partial charge >= 0.3 is 0 Å². The highest BCUT2D eigenvalue weighted by molar-refractivity contribution is 7.91. The van der Waals surface area contributed by atoms with Crippen LogP contribution in [0.1, 0.15) is 50.7 Å². The molecule has 2 aromatic heterocycles. The topological polar surface area (TPSA) is 86.2 Å². The van der Waals surface area contributed by atoms with Crippen LogP contribution < -0.4 is 0 Å². The number of hydrogen-bond donors (Lipinski definition) is 0. The molecule has 0 aliphatic rings. The third-order valence-corrected chi connectivity index (χ3v) is 9.13. The Kier molecular flexibility index (Phi) is 7.45. The van der Waals surface area contributed by atoms with E-state index in [0.29, 0.717) is 34.0 Å². The van der Waals surface area contributed by atoms with Crippen molar-refractivity contribution in [3.05, 3.63) is 96.1 Å². The van der Waals surface area contributed by atoms with Crippen molar-refractivity contribution < 1.29 is 17.3 Å². The number of benzene rings is 4. The molecule has 0 aliphatic carbocycles. The fourth-order valence-corrected chi connectivity index (χ4v) is 6.22. The summed E-state index contributed by atoms with van der Waals surface area (Å²) in [5.41, 5.74) is 6.31. The van der Waals surface area contributed by atoms with Crippen molar-refractivity contribution in [1.82, 2.24) is 9.97 Å². The average molecular weight is 565 g/mol. The molecule has 208 valence electrons. The van der Waals surface area contributed by atoms with Gasteiger partial charge in [0.15, 0.2) is 11.2 Å². The minimum Gasteiger partial charge on any atom is -0.436 e. The SMILES string of the molecule is CCCCc1ccc(-c2nc3cc(S(=O)(=O)c4ccc5oc(-c6ccc(CCCC)cc6)nc5c4)ccc3o2)cc1. The molecule has 7 heteroatoms. The lowest BCUT2D eigenvalue weighted by atomic mass is 10.1. The molecule has 6 aromatic rings. The van der Waals surface area contributed by atoms with E-state index in [4.69, 9.17) is 8.83 Å². The third kappa shape index (κ3) is 5.55. The zero-order chi connectivity index (χ0) is 28.4. The van der Waals surface area contributed by atoms with Gasteiger partial charge in [0, 0.05) is 11.1 Å². The quantitative estimate of drug-likeness (QED) is 0.165. The molecule has 0 saturated carbocycles. The number of fused-ring (bicyclic) bond motifs is 2. The summed E-state index contributed by atoms with van der Waals surface area (Å²) in [7, 11) is -3.83. The standard InChI is InChI=1S/C34H32N2O4S/c1-3-5-7-23-9-13-25(14-10-23)33-35-29-21-27(17-19-31(29)39-33)41(37,38)28-18-20-32-30(22-28)36-34(40-32)26-15-11-24(12-16-26)8-6-4-2/h9-22H,3-8H2,1-2H3. The first-order valence-electron chi connectivity index (χ1n) is 14.2. The first-order valence-corrected chi connectivity index (χ1v) is 15.7. The molecule has 0 bridgehead atoms. The molecule has 0 amide bonds. The fourth-order valence-electron chi connectivity index (χ4n) is 4.92. The number of aromatic nitrogens is 2. The minimum absolute atomic E-state index is 0.144. The molecule has 2 heterocycles. The van der Waals surface area contributed by atoms with E-state index in [1.807, 2.05) is 24.3 Å². The van der Waals surface area contributed by atoms with Gasteiger partial charge in [-0.05, 0) is 97.5 Å². The number of oxazole rings is 2. The van der Waals surface area contributed by atoms with E-state index < -0.39 is 9.84 Å². The predicted molar refractivity (Wildman–Crippen MR) is 162 cm³/mol. The summed E-state index contributed by atoms with van der Waals surface area (Å²) in [6.45, 7) is 4.36. The van der Waals surface area contributed by atoms with Crippen LogP contribution in [-0.4, -0.2) is 18.4 Å². The summed E-state index contributed by atoms with van der Waals surface area (Å²) in [5, 5.41) is 0. The second-order valence-electron chi connectivity index (χ2n) is 10.4. The van der Waals surface area contributed by atoms with Gasteiger partial charge in [0.1, 0.15) is 11.0 Å². The van der Waals surface area contributed by atoms with Crippen LogP contribution in [0.25, 0.3) is 45.1 Å². The van der Waals surface area contributed by atoms with Crippen molar-refractivity contribution in [2.45, 2.75) is 62.2 Å². The molecule has 0 radical (unpaired) electrons.